The predicted molar refractivity (Wildman–Crippen MR) is 72.3 cm³/mol. The summed E-state index contributed by atoms with van der Waals surface area (Å²) in [6.45, 7) is 6.89. The Hall–Kier alpha value is -0.980. The number of hydrazine groups is 1. The third kappa shape index (κ3) is 3.07. The van der Waals surface area contributed by atoms with Crippen molar-refractivity contribution in [3.8, 4) is 0 Å². The van der Waals surface area contributed by atoms with Gasteiger partial charge in [-0.1, -0.05) is 6.92 Å². The molecule has 2 rings (SSSR count). The van der Waals surface area contributed by atoms with Gasteiger partial charge in [-0.25, -0.2) is 5.84 Å². The largest absolute Gasteiger partial charge is 0.464 e. The summed E-state index contributed by atoms with van der Waals surface area (Å²) in [4.78, 5) is 13.8. The summed E-state index contributed by atoms with van der Waals surface area (Å²) in [5.74, 6) is 7.42. The highest BCUT2D eigenvalue weighted by Gasteiger charge is 2.20. The molecule has 0 spiro atoms. The molecular formula is C12H19N3O2S. The van der Waals surface area contributed by atoms with Crippen molar-refractivity contribution < 1.29 is 9.21 Å². The van der Waals surface area contributed by atoms with E-state index in [1.165, 1.54) is 0 Å². The molecule has 18 heavy (non-hydrogen) atoms. The van der Waals surface area contributed by atoms with E-state index in [0.29, 0.717) is 16.6 Å². The zero-order valence-electron chi connectivity index (χ0n) is 10.7. The van der Waals surface area contributed by atoms with E-state index in [1.807, 2.05) is 11.8 Å². The van der Waals surface area contributed by atoms with Gasteiger partial charge >= 0.3 is 0 Å². The van der Waals surface area contributed by atoms with Crippen molar-refractivity contribution in [1.82, 2.24) is 10.3 Å². The Balaban J connectivity index is 2.03. The number of hydrogen-bond acceptors (Lipinski definition) is 5. The number of carbonyl (C=O) groups is 1. The van der Waals surface area contributed by atoms with Crippen LogP contribution in [-0.2, 0) is 6.54 Å². The molecule has 1 atom stereocenters. The first kappa shape index (κ1) is 13.5. The molecule has 1 fully saturated rings. The van der Waals surface area contributed by atoms with E-state index >= 15 is 0 Å². The standard InChI is InChI=1S/C12H19N3O2S/c1-8-6-15(3-4-18-8)7-10-5-11(9(2)17-10)12(16)14-13/h5,8H,3-4,6-7,13H2,1-2H3,(H,14,16). The molecule has 5 nitrogen and oxygen atoms in total. The van der Waals surface area contributed by atoms with Crippen molar-refractivity contribution in [2.45, 2.75) is 25.6 Å². The van der Waals surface area contributed by atoms with Crippen molar-refractivity contribution in [2.24, 2.45) is 5.84 Å². The second kappa shape index (κ2) is 5.77. The number of nitrogen functional groups attached to an aromatic ring is 1. The molecule has 0 aliphatic carbocycles. The van der Waals surface area contributed by atoms with E-state index in [4.69, 9.17) is 10.3 Å². The third-order valence-electron chi connectivity index (χ3n) is 3.05. The van der Waals surface area contributed by atoms with Crippen LogP contribution in [0.1, 0.15) is 28.8 Å². The normalized spacial score (nSPS) is 20.9. The summed E-state index contributed by atoms with van der Waals surface area (Å²) in [6.07, 6.45) is 0. The fraction of sp³-hybridized carbons (Fsp3) is 0.583. The average molecular weight is 269 g/mol. The van der Waals surface area contributed by atoms with Crippen molar-refractivity contribution >= 4 is 17.7 Å². The fourth-order valence-corrected chi connectivity index (χ4v) is 3.26. The molecule has 1 unspecified atom stereocenters. The van der Waals surface area contributed by atoms with Crippen LogP contribution in [0.25, 0.3) is 0 Å². The van der Waals surface area contributed by atoms with Crippen LogP contribution in [0.15, 0.2) is 10.5 Å². The first-order valence-corrected chi connectivity index (χ1v) is 7.09. The summed E-state index contributed by atoms with van der Waals surface area (Å²) in [7, 11) is 0. The van der Waals surface area contributed by atoms with Crippen LogP contribution in [0, 0.1) is 6.92 Å². The maximum atomic E-state index is 11.5. The van der Waals surface area contributed by atoms with Gasteiger partial charge in [0.1, 0.15) is 11.5 Å². The SMILES string of the molecule is Cc1oc(CN2CCSC(C)C2)cc1C(=O)NN. The van der Waals surface area contributed by atoms with Gasteiger partial charge in [0, 0.05) is 24.1 Å². The quantitative estimate of drug-likeness (QED) is 0.489. The lowest BCUT2D eigenvalue weighted by molar-refractivity contribution is 0.0952. The van der Waals surface area contributed by atoms with Crippen LogP contribution in [0.3, 0.4) is 0 Å². The minimum absolute atomic E-state index is 0.301. The van der Waals surface area contributed by atoms with Gasteiger partial charge in [0.05, 0.1) is 12.1 Å². The smallest absolute Gasteiger partial charge is 0.268 e. The summed E-state index contributed by atoms with van der Waals surface area (Å²) < 4.78 is 5.61. The molecule has 0 saturated carbocycles. The van der Waals surface area contributed by atoms with Gasteiger partial charge in [-0.15, -0.1) is 0 Å². The molecule has 0 radical (unpaired) electrons. The molecule has 3 N–H and O–H groups in total. The Morgan fingerprint density at radius 1 is 1.72 bits per heavy atom. The van der Waals surface area contributed by atoms with Crippen LogP contribution in [0.5, 0.6) is 0 Å². The monoisotopic (exact) mass is 269 g/mol. The zero-order valence-corrected chi connectivity index (χ0v) is 11.5. The van der Waals surface area contributed by atoms with Gasteiger partial charge in [0.15, 0.2) is 0 Å². The molecule has 0 aromatic carbocycles. The minimum Gasteiger partial charge on any atom is -0.464 e. The van der Waals surface area contributed by atoms with Crippen LogP contribution in [-0.4, -0.2) is 34.9 Å². The number of aryl methyl sites for hydroxylation is 1. The molecule has 1 saturated heterocycles. The number of hydrogen-bond donors (Lipinski definition) is 2. The number of carbonyl (C=O) groups excluding carboxylic acids is 1. The molecule has 1 aromatic heterocycles. The second-order valence-electron chi connectivity index (χ2n) is 4.57. The summed E-state index contributed by atoms with van der Waals surface area (Å²) in [5, 5.41) is 0.654. The molecule has 1 aromatic rings. The Labute approximate surface area is 111 Å². The number of amides is 1. The van der Waals surface area contributed by atoms with E-state index in [9.17, 15) is 4.79 Å². The van der Waals surface area contributed by atoms with E-state index in [-0.39, 0.29) is 5.91 Å². The number of nitrogens with one attached hydrogen (secondary N) is 1. The van der Waals surface area contributed by atoms with Crippen LogP contribution >= 0.6 is 11.8 Å². The molecule has 2 heterocycles. The highest BCUT2D eigenvalue weighted by atomic mass is 32.2. The molecule has 1 aliphatic heterocycles. The summed E-state index contributed by atoms with van der Waals surface area (Å²) >= 11 is 2.00. The van der Waals surface area contributed by atoms with E-state index in [1.54, 1.807) is 13.0 Å². The highest BCUT2D eigenvalue weighted by Crippen LogP contribution is 2.21. The number of rotatable bonds is 3. The molecule has 0 bridgehead atoms. The lowest BCUT2D eigenvalue weighted by atomic mass is 10.2. The maximum absolute atomic E-state index is 11.5. The Kier molecular flexibility index (Phi) is 4.31. The summed E-state index contributed by atoms with van der Waals surface area (Å²) in [5.41, 5.74) is 2.65. The zero-order chi connectivity index (χ0) is 13.1. The van der Waals surface area contributed by atoms with Crippen molar-refractivity contribution in [2.75, 3.05) is 18.8 Å². The van der Waals surface area contributed by atoms with Crippen LogP contribution < -0.4 is 11.3 Å². The summed E-state index contributed by atoms with van der Waals surface area (Å²) in [6, 6.07) is 1.78. The van der Waals surface area contributed by atoms with Crippen LogP contribution in [0.4, 0.5) is 0 Å². The first-order chi connectivity index (χ1) is 8.60. The number of nitrogens with zero attached hydrogens (tertiary/aromatic N) is 1. The third-order valence-corrected chi connectivity index (χ3v) is 4.19. The first-order valence-electron chi connectivity index (χ1n) is 6.04. The predicted octanol–water partition coefficient (Wildman–Crippen LogP) is 1.13. The molecule has 6 heteroatoms. The highest BCUT2D eigenvalue weighted by molar-refractivity contribution is 7.99. The average Bonchev–Trinajstić information content (AvgIpc) is 2.69. The molecule has 1 aliphatic rings. The lowest BCUT2D eigenvalue weighted by Crippen LogP contribution is -2.35. The fourth-order valence-electron chi connectivity index (χ4n) is 2.18. The van der Waals surface area contributed by atoms with Gasteiger partial charge in [-0.05, 0) is 13.0 Å². The molecule has 1 amide bonds. The maximum Gasteiger partial charge on any atom is 0.268 e. The van der Waals surface area contributed by atoms with E-state index in [2.05, 4.69) is 17.2 Å². The lowest BCUT2D eigenvalue weighted by Gasteiger charge is -2.29. The Bertz CT molecular complexity index is 433. The number of nitrogens with two attached hydrogens (primary N) is 1. The van der Waals surface area contributed by atoms with Gasteiger partial charge in [-0.3, -0.25) is 15.1 Å². The Morgan fingerprint density at radius 3 is 3.17 bits per heavy atom. The van der Waals surface area contributed by atoms with Crippen molar-refractivity contribution in [3.63, 3.8) is 0 Å². The van der Waals surface area contributed by atoms with Crippen LogP contribution in [0.2, 0.25) is 0 Å². The van der Waals surface area contributed by atoms with Gasteiger partial charge in [0.25, 0.3) is 5.91 Å². The van der Waals surface area contributed by atoms with Crippen molar-refractivity contribution in [1.29, 1.82) is 0 Å². The van der Waals surface area contributed by atoms with E-state index in [0.717, 1.165) is 31.1 Å². The van der Waals surface area contributed by atoms with E-state index < -0.39 is 0 Å². The minimum atomic E-state index is -0.301. The topological polar surface area (TPSA) is 71.5 Å². The second-order valence-corrected chi connectivity index (χ2v) is 6.12. The Morgan fingerprint density at radius 2 is 2.50 bits per heavy atom. The molecular weight excluding hydrogens is 250 g/mol. The number of thioether (sulfide) groups is 1. The number of furan rings is 1. The van der Waals surface area contributed by atoms with Gasteiger partial charge < -0.3 is 4.42 Å². The van der Waals surface area contributed by atoms with Gasteiger partial charge in [-0.2, -0.15) is 11.8 Å². The van der Waals surface area contributed by atoms with Crippen molar-refractivity contribution in [3.05, 3.63) is 23.2 Å². The van der Waals surface area contributed by atoms with Gasteiger partial charge in [0.2, 0.25) is 0 Å². The molecule has 100 valence electrons.